The standard InChI is InChI=1S/C10H5FO5/c11-4-1-2-5-6(3-4)16-9(10(14)15)8(13)7(5)12/h1-3,13H,(H,14,15). The van der Waals surface area contributed by atoms with E-state index in [2.05, 4.69) is 0 Å². The summed E-state index contributed by atoms with van der Waals surface area (Å²) in [6.07, 6.45) is 0. The second-order valence-electron chi connectivity index (χ2n) is 3.05. The molecule has 16 heavy (non-hydrogen) atoms. The van der Waals surface area contributed by atoms with Gasteiger partial charge in [-0.3, -0.25) is 4.79 Å². The molecule has 0 spiro atoms. The van der Waals surface area contributed by atoms with Crippen LogP contribution >= 0.6 is 0 Å². The van der Waals surface area contributed by atoms with E-state index in [0.717, 1.165) is 18.2 Å². The van der Waals surface area contributed by atoms with Gasteiger partial charge in [-0.25, -0.2) is 9.18 Å². The van der Waals surface area contributed by atoms with Gasteiger partial charge in [0, 0.05) is 6.07 Å². The lowest BCUT2D eigenvalue weighted by Crippen LogP contribution is -2.08. The van der Waals surface area contributed by atoms with Crippen LogP contribution in [0.5, 0.6) is 5.75 Å². The van der Waals surface area contributed by atoms with E-state index in [4.69, 9.17) is 9.52 Å². The number of carboxylic acid groups (broad SMARTS) is 1. The second-order valence-corrected chi connectivity index (χ2v) is 3.05. The minimum absolute atomic E-state index is 0.0797. The lowest BCUT2D eigenvalue weighted by atomic mass is 10.2. The van der Waals surface area contributed by atoms with Crippen molar-refractivity contribution in [2.75, 3.05) is 0 Å². The number of rotatable bonds is 1. The van der Waals surface area contributed by atoms with E-state index in [1.165, 1.54) is 0 Å². The summed E-state index contributed by atoms with van der Waals surface area (Å²) in [6, 6.07) is 3.00. The van der Waals surface area contributed by atoms with E-state index in [-0.39, 0.29) is 11.0 Å². The van der Waals surface area contributed by atoms with E-state index in [1.54, 1.807) is 0 Å². The average Bonchev–Trinajstić information content (AvgIpc) is 2.22. The fourth-order valence-corrected chi connectivity index (χ4v) is 1.30. The Labute approximate surface area is 87.4 Å². The molecule has 82 valence electrons. The van der Waals surface area contributed by atoms with Crippen molar-refractivity contribution in [3.05, 3.63) is 40.0 Å². The number of benzene rings is 1. The maximum atomic E-state index is 12.8. The summed E-state index contributed by atoms with van der Waals surface area (Å²) in [6.45, 7) is 0. The highest BCUT2D eigenvalue weighted by Crippen LogP contribution is 2.20. The van der Waals surface area contributed by atoms with E-state index < -0.39 is 28.7 Å². The molecule has 6 heteroatoms. The largest absolute Gasteiger partial charge is 0.501 e. The summed E-state index contributed by atoms with van der Waals surface area (Å²) in [4.78, 5) is 22.1. The minimum Gasteiger partial charge on any atom is -0.501 e. The molecule has 2 N–H and O–H groups in total. The third-order valence-corrected chi connectivity index (χ3v) is 2.02. The monoisotopic (exact) mass is 224 g/mol. The molecule has 0 saturated carbocycles. The Bertz CT molecular complexity index is 643. The first-order chi connectivity index (χ1) is 7.50. The lowest BCUT2D eigenvalue weighted by Gasteiger charge is -2.01. The van der Waals surface area contributed by atoms with Gasteiger partial charge in [-0.1, -0.05) is 0 Å². The first-order valence-corrected chi connectivity index (χ1v) is 4.19. The number of hydrogen-bond donors (Lipinski definition) is 2. The van der Waals surface area contributed by atoms with Crippen molar-refractivity contribution in [3.63, 3.8) is 0 Å². The number of aromatic carboxylic acids is 1. The van der Waals surface area contributed by atoms with Gasteiger partial charge < -0.3 is 14.6 Å². The molecule has 0 amide bonds. The molecular weight excluding hydrogens is 219 g/mol. The molecule has 0 atom stereocenters. The number of aromatic hydroxyl groups is 1. The highest BCUT2D eigenvalue weighted by molar-refractivity contribution is 5.90. The smallest absolute Gasteiger partial charge is 0.375 e. The third kappa shape index (κ3) is 1.40. The average molecular weight is 224 g/mol. The van der Waals surface area contributed by atoms with Crippen LogP contribution in [0, 0.1) is 5.82 Å². The Morgan fingerprint density at radius 3 is 2.69 bits per heavy atom. The van der Waals surface area contributed by atoms with Crippen LogP contribution in [0.4, 0.5) is 4.39 Å². The summed E-state index contributed by atoms with van der Waals surface area (Å²) in [5.74, 6) is -4.16. The fourth-order valence-electron chi connectivity index (χ4n) is 1.30. The highest BCUT2D eigenvalue weighted by Gasteiger charge is 2.19. The maximum absolute atomic E-state index is 12.8. The summed E-state index contributed by atoms with van der Waals surface area (Å²) >= 11 is 0. The molecule has 0 aliphatic heterocycles. The molecule has 2 aromatic rings. The highest BCUT2D eigenvalue weighted by atomic mass is 19.1. The molecule has 1 heterocycles. The van der Waals surface area contributed by atoms with Crippen molar-refractivity contribution in [3.8, 4) is 5.75 Å². The van der Waals surface area contributed by atoms with Crippen LogP contribution in [-0.4, -0.2) is 16.2 Å². The second kappa shape index (κ2) is 3.34. The van der Waals surface area contributed by atoms with Gasteiger partial charge in [-0.2, -0.15) is 0 Å². The molecule has 2 rings (SSSR count). The molecule has 0 aliphatic rings. The van der Waals surface area contributed by atoms with Crippen molar-refractivity contribution < 1.29 is 23.8 Å². The van der Waals surface area contributed by atoms with Gasteiger partial charge in [-0.15, -0.1) is 0 Å². The Hall–Kier alpha value is -2.37. The van der Waals surface area contributed by atoms with E-state index >= 15 is 0 Å². The summed E-state index contributed by atoms with van der Waals surface area (Å²) in [5, 5.41) is 17.8. The molecule has 0 radical (unpaired) electrons. The maximum Gasteiger partial charge on any atom is 0.375 e. The quantitative estimate of drug-likeness (QED) is 0.762. The normalized spacial score (nSPS) is 10.6. The Balaban J connectivity index is 2.94. The van der Waals surface area contributed by atoms with Crippen molar-refractivity contribution in [2.24, 2.45) is 0 Å². The number of halogens is 1. The topological polar surface area (TPSA) is 87.7 Å². The van der Waals surface area contributed by atoms with Crippen molar-refractivity contribution in [1.82, 2.24) is 0 Å². The summed E-state index contributed by atoms with van der Waals surface area (Å²) < 4.78 is 17.6. The van der Waals surface area contributed by atoms with Gasteiger partial charge in [0.25, 0.3) is 5.76 Å². The first-order valence-electron chi connectivity index (χ1n) is 4.19. The van der Waals surface area contributed by atoms with Crippen LogP contribution < -0.4 is 5.43 Å². The summed E-state index contributed by atoms with van der Waals surface area (Å²) in [7, 11) is 0. The van der Waals surface area contributed by atoms with Crippen LogP contribution in [0.15, 0.2) is 27.4 Å². The first kappa shape index (κ1) is 10.2. The molecule has 0 bridgehead atoms. The zero-order chi connectivity index (χ0) is 11.9. The molecular formula is C10H5FO5. The van der Waals surface area contributed by atoms with Crippen molar-refractivity contribution in [1.29, 1.82) is 0 Å². The summed E-state index contributed by atoms with van der Waals surface area (Å²) in [5.41, 5.74) is -1.13. The van der Waals surface area contributed by atoms with Gasteiger partial charge in [0.1, 0.15) is 11.4 Å². The molecule has 0 saturated heterocycles. The SMILES string of the molecule is O=C(O)c1oc2cc(F)ccc2c(=O)c1O. The van der Waals surface area contributed by atoms with Crippen molar-refractivity contribution >= 4 is 16.9 Å². The predicted molar refractivity (Wildman–Crippen MR) is 51.1 cm³/mol. The lowest BCUT2D eigenvalue weighted by molar-refractivity contribution is 0.0657. The Morgan fingerprint density at radius 1 is 1.38 bits per heavy atom. The number of carboxylic acids is 1. The van der Waals surface area contributed by atoms with E-state index in [1.807, 2.05) is 0 Å². The Morgan fingerprint density at radius 2 is 2.06 bits per heavy atom. The zero-order valence-electron chi connectivity index (χ0n) is 7.73. The zero-order valence-corrected chi connectivity index (χ0v) is 7.73. The van der Waals surface area contributed by atoms with Crippen LogP contribution in [0.3, 0.4) is 0 Å². The van der Waals surface area contributed by atoms with Gasteiger partial charge in [0.15, 0.2) is 0 Å². The number of carbonyl (C=O) groups is 1. The van der Waals surface area contributed by atoms with Gasteiger partial charge in [0.05, 0.1) is 5.39 Å². The molecule has 0 aliphatic carbocycles. The van der Waals surface area contributed by atoms with Gasteiger partial charge in [0.2, 0.25) is 11.2 Å². The molecule has 0 fully saturated rings. The number of fused-ring (bicyclic) bond motifs is 1. The van der Waals surface area contributed by atoms with Crippen molar-refractivity contribution in [2.45, 2.75) is 0 Å². The molecule has 0 unspecified atom stereocenters. The van der Waals surface area contributed by atoms with E-state index in [0.29, 0.717) is 0 Å². The molecule has 1 aromatic carbocycles. The van der Waals surface area contributed by atoms with Gasteiger partial charge in [-0.05, 0) is 12.1 Å². The minimum atomic E-state index is -1.60. The van der Waals surface area contributed by atoms with Crippen LogP contribution in [0.1, 0.15) is 10.6 Å². The van der Waals surface area contributed by atoms with E-state index in [9.17, 15) is 19.1 Å². The third-order valence-electron chi connectivity index (χ3n) is 2.02. The predicted octanol–water partition coefficient (Wildman–Crippen LogP) is 1.34. The number of hydrogen-bond acceptors (Lipinski definition) is 4. The van der Waals surface area contributed by atoms with Gasteiger partial charge >= 0.3 is 5.97 Å². The Kier molecular flexibility index (Phi) is 2.12. The molecule has 5 nitrogen and oxygen atoms in total. The molecule has 1 aromatic heterocycles. The van der Waals surface area contributed by atoms with Crippen LogP contribution in [-0.2, 0) is 0 Å². The fraction of sp³-hybridized carbons (Fsp3) is 0. The van der Waals surface area contributed by atoms with Crippen LogP contribution in [0.25, 0.3) is 11.0 Å². The van der Waals surface area contributed by atoms with Crippen LogP contribution in [0.2, 0.25) is 0 Å².